The minimum absolute atomic E-state index is 0.0433. The van der Waals surface area contributed by atoms with Crippen LogP contribution in [0.4, 0.5) is 5.69 Å². The van der Waals surface area contributed by atoms with E-state index in [0.29, 0.717) is 17.3 Å². The molecular formula is C18H23N5O4S. The number of carbonyl (C=O) groups excluding carboxylic acids is 1. The summed E-state index contributed by atoms with van der Waals surface area (Å²) in [6, 6.07) is 2.85. The second-order valence-electron chi connectivity index (χ2n) is 6.87. The molecule has 1 amide bonds. The zero-order chi connectivity index (χ0) is 20.3. The molecule has 3 rings (SSSR count). The molecule has 2 aromatic rings. The molecule has 1 aliphatic heterocycles. The molecule has 0 aliphatic carbocycles. The average Bonchev–Trinajstić information content (AvgIpc) is 2.65. The van der Waals surface area contributed by atoms with Crippen molar-refractivity contribution in [2.45, 2.75) is 30.9 Å². The number of likely N-dealkylation sites (tertiary alicyclic amines) is 1. The molecule has 0 radical (unpaired) electrons. The normalized spacial score (nSPS) is 16.0. The summed E-state index contributed by atoms with van der Waals surface area (Å²) in [5.74, 6) is -0.0724. The topological polar surface area (TPSA) is 114 Å². The van der Waals surface area contributed by atoms with Gasteiger partial charge in [-0.25, -0.2) is 23.4 Å². The van der Waals surface area contributed by atoms with E-state index >= 15 is 0 Å². The minimum atomic E-state index is -3.41. The van der Waals surface area contributed by atoms with Crippen molar-refractivity contribution in [3.63, 3.8) is 0 Å². The first-order valence-corrected chi connectivity index (χ1v) is 10.8. The average molecular weight is 405 g/mol. The van der Waals surface area contributed by atoms with E-state index in [0.717, 1.165) is 32.2 Å². The lowest BCUT2D eigenvalue weighted by Crippen LogP contribution is -2.35. The molecule has 0 bridgehead atoms. The Morgan fingerprint density at radius 1 is 1.21 bits per heavy atom. The molecule has 2 aromatic heterocycles. The molecule has 1 fully saturated rings. The van der Waals surface area contributed by atoms with Crippen molar-refractivity contribution in [2.24, 2.45) is 0 Å². The quantitative estimate of drug-likeness (QED) is 0.792. The van der Waals surface area contributed by atoms with E-state index in [1.165, 1.54) is 24.5 Å². The van der Waals surface area contributed by atoms with E-state index in [4.69, 9.17) is 4.74 Å². The number of carbonyl (C=O) groups is 1. The Hall–Kier alpha value is -2.59. The highest BCUT2D eigenvalue weighted by Crippen LogP contribution is 2.18. The van der Waals surface area contributed by atoms with Crippen molar-refractivity contribution in [1.82, 2.24) is 19.9 Å². The monoisotopic (exact) mass is 405 g/mol. The maximum Gasteiger partial charge on any atom is 0.275 e. The smallest absolute Gasteiger partial charge is 0.275 e. The van der Waals surface area contributed by atoms with Gasteiger partial charge in [0.25, 0.3) is 5.91 Å². The van der Waals surface area contributed by atoms with Crippen LogP contribution in [-0.2, 0) is 9.84 Å². The van der Waals surface area contributed by atoms with Crippen molar-refractivity contribution < 1.29 is 17.9 Å². The first kappa shape index (κ1) is 20.2. The van der Waals surface area contributed by atoms with Crippen molar-refractivity contribution in [1.29, 1.82) is 0 Å². The molecule has 3 heterocycles. The van der Waals surface area contributed by atoms with Gasteiger partial charge in [-0.2, -0.15) is 0 Å². The van der Waals surface area contributed by atoms with Gasteiger partial charge in [0.2, 0.25) is 5.88 Å². The van der Waals surface area contributed by atoms with Crippen molar-refractivity contribution >= 4 is 21.4 Å². The predicted octanol–water partition coefficient (Wildman–Crippen LogP) is 1.31. The molecule has 0 aromatic carbocycles. The number of nitrogens with zero attached hydrogens (tertiary/aromatic N) is 4. The number of hydrogen-bond acceptors (Lipinski definition) is 8. The predicted molar refractivity (Wildman–Crippen MR) is 103 cm³/mol. The summed E-state index contributed by atoms with van der Waals surface area (Å²) in [5.41, 5.74) is 0.930. The van der Waals surface area contributed by atoms with Crippen LogP contribution in [0.15, 0.2) is 29.6 Å². The van der Waals surface area contributed by atoms with Gasteiger partial charge in [-0.15, -0.1) is 0 Å². The highest BCUT2D eigenvalue weighted by Gasteiger charge is 2.19. The second kappa shape index (κ2) is 8.19. The number of piperidine rings is 1. The van der Waals surface area contributed by atoms with Gasteiger partial charge < -0.3 is 15.0 Å². The van der Waals surface area contributed by atoms with Gasteiger partial charge in [-0.1, -0.05) is 0 Å². The summed E-state index contributed by atoms with van der Waals surface area (Å²) in [5, 5.41) is 2.62. The van der Waals surface area contributed by atoms with Crippen LogP contribution >= 0.6 is 0 Å². The van der Waals surface area contributed by atoms with E-state index in [1.807, 2.05) is 0 Å². The van der Waals surface area contributed by atoms with E-state index < -0.39 is 15.7 Å². The number of hydrogen-bond donors (Lipinski definition) is 1. The number of ether oxygens (including phenoxy) is 1. The maximum absolute atomic E-state index is 12.4. The van der Waals surface area contributed by atoms with Gasteiger partial charge in [-0.05, 0) is 38.9 Å². The van der Waals surface area contributed by atoms with Crippen LogP contribution < -0.4 is 10.1 Å². The molecule has 0 spiro atoms. The van der Waals surface area contributed by atoms with Crippen LogP contribution in [0.25, 0.3) is 0 Å². The van der Waals surface area contributed by atoms with E-state index in [9.17, 15) is 13.2 Å². The summed E-state index contributed by atoms with van der Waals surface area (Å²) >= 11 is 0. The van der Waals surface area contributed by atoms with Crippen LogP contribution in [0.2, 0.25) is 0 Å². The molecule has 9 nitrogen and oxygen atoms in total. The Bertz CT molecular complexity index is 954. The van der Waals surface area contributed by atoms with Gasteiger partial charge in [0.05, 0.1) is 23.8 Å². The number of aromatic nitrogens is 3. The highest BCUT2D eigenvalue weighted by atomic mass is 32.2. The van der Waals surface area contributed by atoms with Crippen LogP contribution in [0.1, 0.15) is 29.0 Å². The number of amides is 1. The summed E-state index contributed by atoms with van der Waals surface area (Å²) in [7, 11) is -1.33. The first-order chi connectivity index (χ1) is 13.2. The Kier molecular flexibility index (Phi) is 5.90. The molecular weight excluding hydrogens is 382 g/mol. The van der Waals surface area contributed by atoms with Crippen molar-refractivity contribution in [2.75, 3.05) is 31.7 Å². The Morgan fingerprint density at radius 2 is 1.93 bits per heavy atom. The minimum Gasteiger partial charge on any atom is -0.473 e. The zero-order valence-electron chi connectivity index (χ0n) is 16.0. The number of anilines is 1. The molecule has 0 saturated carbocycles. The molecule has 0 unspecified atom stereocenters. The molecule has 150 valence electrons. The molecule has 10 heteroatoms. The van der Waals surface area contributed by atoms with Gasteiger partial charge in [0, 0.05) is 19.3 Å². The number of pyridine rings is 1. The molecule has 28 heavy (non-hydrogen) atoms. The SMILES string of the molecule is Cc1nc(S(C)(=O)=O)ccc1NC(=O)c1cnc(OC2CCN(C)CC2)cn1. The molecule has 1 N–H and O–H groups in total. The summed E-state index contributed by atoms with van der Waals surface area (Å²) in [6.45, 7) is 3.57. The third-order valence-corrected chi connectivity index (χ3v) is 5.49. The maximum atomic E-state index is 12.4. The summed E-state index contributed by atoms with van der Waals surface area (Å²) < 4.78 is 28.9. The van der Waals surface area contributed by atoms with Crippen LogP contribution in [0, 0.1) is 6.92 Å². The van der Waals surface area contributed by atoms with Crippen LogP contribution in [0.3, 0.4) is 0 Å². The third kappa shape index (κ3) is 5.02. The molecule has 0 atom stereocenters. The molecule has 1 aliphatic rings. The fourth-order valence-electron chi connectivity index (χ4n) is 2.83. The fourth-order valence-corrected chi connectivity index (χ4v) is 3.45. The van der Waals surface area contributed by atoms with E-state index in [2.05, 4.69) is 32.2 Å². The lowest BCUT2D eigenvalue weighted by Gasteiger charge is -2.28. The van der Waals surface area contributed by atoms with Crippen molar-refractivity contribution in [3.8, 4) is 5.88 Å². The summed E-state index contributed by atoms with van der Waals surface area (Å²) in [4.78, 5) is 26.9. The fraction of sp³-hybridized carbons (Fsp3) is 0.444. The summed E-state index contributed by atoms with van der Waals surface area (Å²) in [6.07, 6.45) is 5.83. The van der Waals surface area contributed by atoms with Crippen LogP contribution in [0.5, 0.6) is 5.88 Å². The Morgan fingerprint density at radius 3 is 2.50 bits per heavy atom. The molecule has 1 saturated heterocycles. The van der Waals surface area contributed by atoms with Gasteiger partial charge in [0.15, 0.2) is 14.9 Å². The third-order valence-electron chi connectivity index (χ3n) is 4.50. The van der Waals surface area contributed by atoms with E-state index in [1.54, 1.807) is 6.92 Å². The van der Waals surface area contributed by atoms with Crippen molar-refractivity contribution in [3.05, 3.63) is 35.9 Å². The highest BCUT2D eigenvalue weighted by molar-refractivity contribution is 7.90. The number of rotatable bonds is 5. The Labute approximate surface area is 164 Å². The first-order valence-electron chi connectivity index (χ1n) is 8.88. The zero-order valence-corrected chi connectivity index (χ0v) is 16.9. The number of aryl methyl sites for hydroxylation is 1. The van der Waals surface area contributed by atoms with Gasteiger partial charge >= 0.3 is 0 Å². The van der Waals surface area contributed by atoms with Gasteiger partial charge in [-0.3, -0.25) is 4.79 Å². The standard InChI is InChI=1S/C18H23N5O4S/c1-12-14(4-5-17(21-12)28(3,25)26)22-18(24)15-10-20-16(11-19-15)27-13-6-8-23(2)9-7-13/h4-5,10-11,13H,6-9H2,1-3H3,(H,22,24). The van der Waals surface area contributed by atoms with E-state index in [-0.39, 0.29) is 16.8 Å². The number of nitrogens with one attached hydrogen (secondary N) is 1. The lowest BCUT2D eigenvalue weighted by atomic mass is 10.1. The van der Waals surface area contributed by atoms with Crippen LogP contribution in [-0.4, -0.2) is 66.7 Å². The number of sulfone groups is 1. The largest absolute Gasteiger partial charge is 0.473 e. The second-order valence-corrected chi connectivity index (χ2v) is 8.83. The lowest BCUT2D eigenvalue weighted by molar-refractivity contribution is 0.101. The van der Waals surface area contributed by atoms with Gasteiger partial charge in [0.1, 0.15) is 11.8 Å². The Balaban J connectivity index is 1.63.